The Morgan fingerprint density at radius 2 is 2.06 bits per heavy atom. The fourth-order valence-electron chi connectivity index (χ4n) is 2.00. The number of likely N-dealkylation sites (N-methyl/N-ethyl adjacent to an activating group) is 1. The van der Waals surface area contributed by atoms with Gasteiger partial charge in [-0.05, 0) is 45.8 Å². The van der Waals surface area contributed by atoms with Crippen molar-refractivity contribution in [3.8, 4) is 0 Å². The van der Waals surface area contributed by atoms with Crippen LogP contribution in [0.5, 0.6) is 0 Å². The number of nitrogens with zero attached hydrogens (tertiary/aromatic N) is 1. The lowest BCUT2D eigenvalue weighted by Crippen LogP contribution is -2.36. The van der Waals surface area contributed by atoms with Crippen LogP contribution in [0.3, 0.4) is 0 Å². The highest BCUT2D eigenvalue weighted by Crippen LogP contribution is 2.12. The van der Waals surface area contributed by atoms with Crippen molar-refractivity contribution in [2.45, 2.75) is 19.8 Å². The molecular weight excluding hydrogens is 228 g/mol. The van der Waals surface area contributed by atoms with Crippen LogP contribution in [0, 0.1) is 5.92 Å². The molecule has 1 fully saturated rings. The second-order valence-electron chi connectivity index (χ2n) is 4.20. The minimum absolute atomic E-state index is 0. The van der Waals surface area contributed by atoms with E-state index in [2.05, 4.69) is 10.2 Å². The second kappa shape index (κ2) is 8.79. The number of carbonyl (C=O) groups is 1. The van der Waals surface area contributed by atoms with Gasteiger partial charge in [-0.3, -0.25) is 9.69 Å². The molecule has 16 heavy (non-hydrogen) atoms. The van der Waals surface area contributed by atoms with Crippen LogP contribution in [-0.4, -0.2) is 50.7 Å². The number of esters is 1. The van der Waals surface area contributed by atoms with Crippen LogP contribution < -0.4 is 5.32 Å². The quantitative estimate of drug-likeness (QED) is 0.737. The Balaban J connectivity index is 0.00000225. The SMILES string of the molecule is CCOC(=O)CN(C)CC1CCNCC1.Cl. The highest BCUT2D eigenvalue weighted by Gasteiger charge is 2.16. The van der Waals surface area contributed by atoms with Crippen molar-refractivity contribution < 1.29 is 9.53 Å². The van der Waals surface area contributed by atoms with E-state index >= 15 is 0 Å². The fraction of sp³-hybridized carbons (Fsp3) is 0.909. The highest BCUT2D eigenvalue weighted by molar-refractivity contribution is 5.85. The summed E-state index contributed by atoms with van der Waals surface area (Å²) in [5.41, 5.74) is 0. The molecule has 0 saturated carbocycles. The summed E-state index contributed by atoms with van der Waals surface area (Å²) in [6.45, 7) is 5.94. The molecule has 1 N–H and O–H groups in total. The maximum atomic E-state index is 11.2. The van der Waals surface area contributed by atoms with Crippen LogP contribution in [0.4, 0.5) is 0 Å². The molecule has 0 atom stereocenters. The molecule has 1 rings (SSSR count). The normalized spacial score (nSPS) is 16.9. The lowest BCUT2D eigenvalue weighted by atomic mass is 9.98. The van der Waals surface area contributed by atoms with Crippen molar-refractivity contribution in [3.63, 3.8) is 0 Å². The molecule has 0 amide bonds. The molecule has 96 valence electrons. The van der Waals surface area contributed by atoms with E-state index in [-0.39, 0.29) is 18.4 Å². The lowest BCUT2D eigenvalue weighted by Gasteiger charge is -2.26. The molecule has 0 radical (unpaired) electrons. The molecule has 0 unspecified atom stereocenters. The predicted octanol–water partition coefficient (Wildman–Crippen LogP) is 0.903. The predicted molar refractivity (Wildman–Crippen MR) is 67.0 cm³/mol. The van der Waals surface area contributed by atoms with Crippen molar-refractivity contribution in [2.24, 2.45) is 5.92 Å². The van der Waals surface area contributed by atoms with Gasteiger partial charge in [0.1, 0.15) is 0 Å². The first kappa shape index (κ1) is 15.7. The summed E-state index contributed by atoms with van der Waals surface area (Å²) in [5.74, 6) is 0.611. The maximum absolute atomic E-state index is 11.2. The zero-order valence-corrected chi connectivity index (χ0v) is 11.0. The molecule has 5 heteroatoms. The first-order chi connectivity index (χ1) is 7.22. The van der Waals surface area contributed by atoms with Gasteiger partial charge in [0.2, 0.25) is 0 Å². The van der Waals surface area contributed by atoms with Crippen LogP contribution in [0.2, 0.25) is 0 Å². The fourth-order valence-corrected chi connectivity index (χ4v) is 2.00. The first-order valence-corrected chi connectivity index (χ1v) is 5.77. The number of piperidine rings is 1. The van der Waals surface area contributed by atoms with Gasteiger partial charge in [0, 0.05) is 6.54 Å². The molecular formula is C11H23ClN2O2. The Labute approximate surface area is 104 Å². The van der Waals surface area contributed by atoms with Gasteiger partial charge in [-0.2, -0.15) is 0 Å². The molecule has 1 aliphatic heterocycles. The average molecular weight is 251 g/mol. The number of halogens is 1. The monoisotopic (exact) mass is 250 g/mol. The number of hydrogen-bond acceptors (Lipinski definition) is 4. The van der Waals surface area contributed by atoms with E-state index in [1.165, 1.54) is 12.8 Å². The topological polar surface area (TPSA) is 41.6 Å². The Kier molecular flexibility index (Phi) is 8.61. The van der Waals surface area contributed by atoms with E-state index in [9.17, 15) is 4.79 Å². The van der Waals surface area contributed by atoms with Crippen LogP contribution in [-0.2, 0) is 9.53 Å². The Morgan fingerprint density at radius 1 is 1.44 bits per heavy atom. The van der Waals surface area contributed by atoms with Gasteiger partial charge in [-0.15, -0.1) is 12.4 Å². The Hall–Kier alpha value is -0.320. The van der Waals surface area contributed by atoms with Crippen molar-refractivity contribution in [1.82, 2.24) is 10.2 Å². The molecule has 1 heterocycles. The van der Waals surface area contributed by atoms with E-state index in [0.717, 1.165) is 25.6 Å². The number of hydrogen-bond donors (Lipinski definition) is 1. The molecule has 0 aromatic rings. The van der Waals surface area contributed by atoms with Crippen molar-refractivity contribution >= 4 is 18.4 Å². The average Bonchev–Trinajstić information content (AvgIpc) is 2.19. The number of ether oxygens (including phenoxy) is 1. The van der Waals surface area contributed by atoms with Crippen molar-refractivity contribution in [2.75, 3.05) is 39.8 Å². The number of nitrogens with one attached hydrogen (secondary N) is 1. The van der Waals surface area contributed by atoms with Gasteiger partial charge in [0.05, 0.1) is 13.2 Å². The standard InChI is InChI=1S/C11H22N2O2.ClH/c1-3-15-11(14)9-13(2)8-10-4-6-12-7-5-10;/h10,12H,3-9H2,1-2H3;1H. The highest BCUT2D eigenvalue weighted by atomic mass is 35.5. The minimum atomic E-state index is -0.117. The third-order valence-corrected chi connectivity index (χ3v) is 2.73. The molecule has 0 bridgehead atoms. The smallest absolute Gasteiger partial charge is 0.320 e. The summed E-state index contributed by atoms with van der Waals surface area (Å²) in [6.07, 6.45) is 2.43. The zero-order valence-electron chi connectivity index (χ0n) is 10.2. The van der Waals surface area contributed by atoms with Gasteiger partial charge in [-0.1, -0.05) is 0 Å². The maximum Gasteiger partial charge on any atom is 0.320 e. The lowest BCUT2D eigenvalue weighted by molar-refractivity contribution is -0.144. The molecule has 0 aromatic carbocycles. The van der Waals surface area contributed by atoms with Gasteiger partial charge < -0.3 is 10.1 Å². The first-order valence-electron chi connectivity index (χ1n) is 5.77. The van der Waals surface area contributed by atoms with Crippen LogP contribution in [0.1, 0.15) is 19.8 Å². The van der Waals surface area contributed by atoms with Gasteiger partial charge in [0.25, 0.3) is 0 Å². The molecule has 4 nitrogen and oxygen atoms in total. The number of carbonyl (C=O) groups excluding carboxylic acids is 1. The van der Waals surface area contributed by atoms with Gasteiger partial charge >= 0.3 is 5.97 Å². The van der Waals surface area contributed by atoms with Crippen LogP contribution in [0.25, 0.3) is 0 Å². The van der Waals surface area contributed by atoms with E-state index < -0.39 is 0 Å². The van der Waals surface area contributed by atoms with Crippen LogP contribution in [0.15, 0.2) is 0 Å². The zero-order chi connectivity index (χ0) is 11.1. The van der Waals surface area contributed by atoms with Crippen molar-refractivity contribution in [1.29, 1.82) is 0 Å². The Morgan fingerprint density at radius 3 is 2.62 bits per heavy atom. The third-order valence-electron chi connectivity index (χ3n) is 2.73. The summed E-state index contributed by atoms with van der Waals surface area (Å²) in [5, 5.41) is 3.34. The van der Waals surface area contributed by atoms with E-state index in [0.29, 0.717) is 13.2 Å². The summed E-state index contributed by atoms with van der Waals surface area (Å²) < 4.78 is 4.91. The second-order valence-corrected chi connectivity index (χ2v) is 4.20. The molecule has 1 saturated heterocycles. The molecule has 1 aliphatic rings. The summed E-state index contributed by atoms with van der Waals surface area (Å²) >= 11 is 0. The van der Waals surface area contributed by atoms with E-state index in [1.807, 2.05) is 14.0 Å². The Bertz CT molecular complexity index is 196. The minimum Gasteiger partial charge on any atom is -0.465 e. The van der Waals surface area contributed by atoms with Gasteiger partial charge in [0.15, 0.2) is 0 Å². The van der Waals surface area contributed by atoms with E-state index in [4.69, 9.17) is 4.74 Å². The third kappa shape index (κ3) is 6.30. The number of rotatable bonds is 5. The largest absolute Gasteiger partial charge is 0.465 e. The molecule has 0 aliphatic carbocycles. The molecule has 0 aromatic heterocycles. The summed E-state index contributed by atoms with van der Waals surface area (Å²) in [4.78, 5) is 13.3. The molecule has 0 spiro atoms. The summed E-state index contributed by atoms with van der Waals surface area (Å²) in [6, 6.07) is 0. The van der Waals surface area contributed by atoms with Crippen LogP contribution >= 0.6 is 12.4 Å². The van der Waals surface area contributed by atoms with E-state index in [1.54, 1.807) is 0 Å². The van der Waals surface area contributed by atoms with Crippen molar-refractivity contribution in [3.05, 3.63) is 0 Å². The summed E-state index contributed by atoms with van der Waals surface area (Å²) in [7, 11) is 1.99. The van der Waals surface area contributed by atoms with Gasteiger partial charge in [-0.25, -0.2) is 0 Å².